The normalized spacial score (nSPS) is 29.1. The van der Waals surface area contributed by atoms with Crippen LogP contribution in [0, 0.1) is 10.1 Å². The first kappa shape index (κ1) is 10.0. The Morgan fingerprint density at radius 3 is 2.80 bits per heavy atom. The molecule has 2 rings (SSSR count). The lowest BCUT2D eigenvalue weighted by Crippen LogP contribution is -2.32. The molecule has 78 valence electrons. The zero-order valence-electron chi connectivity index (χ0n) is 7.32. The molecule has 0 saturated carbocycles. The van der Waals surface area contributed by atoms with Gasteiger partial charge in [0.25, 0.3) is 10.4 Å². The Morgan fingerprint density at radius 1 is 1.53 bits per heavy atom. The first-order chi connectivity index (χ1) is 6.94. The molecule has 0 aromatic carbocycles. The van der Waals surface area contributed by atoms with Gasteiger partial charge in [0.15, 0.2) is 0 Å². The number of ketones is 1. The van der Waals surface area contributed by atoms with Crippen LogP contribution in [0.25, 0.3) is 0 Å². The topological polar surface area (TPSA) is 89.3 Å². The minimum Gasteiger partial charge on any atom is -0.319 e. The summed E-state index contributed by atoms with van der Waals surface area (Å²) in [5.74, 6) is -1.43. The molecule has 0 bridgehead atoms. The lowest BCUT2D eigenvalue weighted by atomic mass is 9.97. The van der Waals surface area contributed by atoms with Crippen LogP contribution in [-0.2, 0) is 9.59 Å². The van der Waals surface area contributed by atoms with Crippen molar-refractivity contribution in [1.82, 2.24) is 5.32 Å². The second-order valence-electron chi connectivity index (χ2n) is 3.26. The second-order valence-corrected chi connectivity index (χ2v) is 4.63. The van der Waals surface area contributed by atoms with E-state index >= 15 is 0 Å². The summed E-state index contributed by atoms with van der Waals surface area (Å²) in [6.07, 6.45) is 2.56. The van der Waals surface area contributed by atoms with Crippen LogP contribution in [-0.4, -0.2) is 21.1 Å². The lowest BCUT2D eigenvalue weighted by molar-refractivity contribution is -0.521. The van der Waals surface area contributed by atoms with Gasteiger partial charge in [-0.2, -0.15) is 0 Å². The summed E-state index contributed by atoms with van der Waals surface area (Å²) in [5.41, 5.74) is 0.526. The highest BCUT2D eigenvalue weighted by atomic mass is 79.9. The van der Waals surface area contributed by atoms with Gasteiger partial charge in [0.2, 0.25) is 5.78 Å². The van der Waals surface area contributed by atoms with E-state index in [0.717, 1.165) is 0 Å². The van der Waals surface area contributed by atoms with Gasteiger partial charge in [0.1, 0.15) is 0 Å². The molecular weight excluding hydrogens is 268 g/mol. The van der Waals surface area contributed by atoms with Crippen molar-refractivity contribution in [2.45, 2.75) is 10.9 Å². The summed E-state index contributed by atoms with van der Waals surface area (Å²) >= 11 is 2.93. The molecule has 1 aliphatic carbocycles. The molecule has 0 radical (unpaired) electrons. The third-order valence-electron chi connectivity index (χ3n) is 2.29. The highest BCUT2D eigenvalue weighted by Gasteiger charge is 2.45. The van der Waals surface area contributed by atoms with Gasteiger partial charge in [0, 0.05) is 38.2 Å². The Morgan fingerprint density at radius 2 is 2.20 bits per heavy atom. The van der Waals surface area contributed by atoms with Crippen molar-refractivity contribution in [1.29, 1.82) is 0 Å². The molecule has 0 aromatic heterocycles. The predicted molar refractivity (Wildman–Crippen MR) is 52.6 cm³/mol. The second kappa shape index (κ2) is 2.99. The number of nitrogens with one attached hydrogen (secondary N) is 1. The fourth-order valence-corrected chi connectivity index (χ4v) is 1.89. The number of halogens is 1. The average molecular weight is 273 g/mol. The summed E-state index contributed by atoms with van der Waals surface area (Å²) in [7, 11) is 0. The summed E-state index contributed by atoms with van der Waals surface area (Å²) in [6, 6.07) is 0. The molecule has 1 aliphatic heterocycles. The molecule has 1 unspecified atom stereocenters. The fourth-order valence-electron chi connectivity index (χ4n) is 1.47. The molecular formula is C8H5BrN2O4. The van der Waals surface area contributed by atoms with Crippen LogP contribution in [0.1, 0.15) is 6.42 Å². The van der Waals surface area contributed by atoms with Crippen molar-refractivity contribution in [3.8, 4) is 0 Å². The van der Waals surface area contributed by atoms with Crippen LogP contribution in [0.4, 0.5) is 0 Å². The minimum absolute atomic E-state index is 0.122. The maximum absolute atomic E-state index is 11.3. The van der Waals surface area contributed by atoms with Crippen molar-refractivity contribution >= 4 is 27.6 Å². The molecule has 1 heterocycles. The number of nitro groups is 1. The quantitative estimate of drug-likeness (QED) is 0.244. The number of amides is 1. The zero-order valence-corrected chi connectivity index (χ0v) is 8.91. The fraction of sp³-hybridized carbons (Fsp3) is 0.250. The third kappa shape index (κ3) is 1.39. The maximum Gasteiger partial charge on any atom is 0.297 e. The number of carbonyl (C=O) groups is 2. The number of allylic oxidation sites excluding steroid dienone is 1. The van der Waals surface area contributed by atoms with Gasteiger partial charge in [-0.25, -0.2) is 0 Å². The van der Waals surface area contributed by atoms with Crippen LogP contribution in [0.2, 0.25) is 0 Å². The molecule has 6 nitrogen and oxygen atoms in total. The summed E-state index contributed by atoms with van der Waals surface area (Å²) < 4.78 is -1.48. The standard InChI is InChI=1S/C8H5BrN2O4/c9-8(11(14)15)2-1-5-4(3-8)6(12)7(13)10-5/h1-2H,3H2,(H,10,12,13). The van der Waals surface area contributed by atoms with Crippen LogP contribution in [0.15, 0.2) is 23.4 Å². The monoisotopic (exact) mass is 272 g/mol. The van der Waals surface area contributed by atoms with Gasteiger partial charge in [-0.15, -0.1) is 0 Å². The molecule has 1 N–H and O–H groups in total. The van der Waals surface area contributed by atoms with Crippen molar-refractivity contribution in [2.75, 3.05) is 0 Å². The SMILES string of the molecule is O=C1NC2=C(CC(Br)([N+](=O)[O-])C=C2)C1=O. The first-order valence-corrected chi connectivity index (χ1v) is 4.85. The number of rotatable bonds is 1. The summed E-state index contributed by atoms with van der Waals surface area (Å²) in [4.78, 5) is 32.5. The Hall–Kier alpha value is -1.50. The predicted octanol–water partition coefficient (Wildman–Crippen LogP) is 0.267. The third-order valence-corrected chi connectivity index (χ3v) is 3.12. The van der Waals surface area contributed by atoms with Crippen LogP contribution >= 0.6 is 15.9 Å². The number of carbonyl (C=O) groups excluding carboxylic acids is 2. The van der Waals surface area contributed by atoms with Gasteiger partial charge in [-0.05, 0) is 6.08 Å². The molecule has 0 spiro atoms. The van der Waals surface area contributed by atoms with Crippen LogP contribution < -0.4 is 5.32 Å². The Balaban J connectivity index is 2.38. The number of nitrogens with zero attached hydrogens (tertiary/aromatic N) is 1. The zero-order chi connectivity index (χ0) is 11.2. The highest BCUT2D eigenvalue weighted by Crippen LogP contribution is 2.36. The molecule has 2 aliphatic rings. The van der Waals surface area contributed by atoms with Gasteiger partial charge in [-0.3, -0.25) is 19.7 Å². The van der Waals surface area contributed by atoms with E-state index < -0.39 is 21.1 Å². The Kier molecular flexibility index (Phi) is 2.00. The van der Waals surface area contributed by atoms with Gasteiger partial charge >= 0.3 is 0 Å². The molecule has 15 heavy (non-hydrogen) atoms. The van der Waals surface area contributed by atoms with E-state index in [1.165, 1.54) is 12.2 Å². The Bertz CT molecular complexity index is 454. The van der Waals surface area contributed by atoms with E-state index in [1.54, 1.807) is 0 Å². The van der Waals surface area contributed by atoms with E-state index in [0.29, 0.717) is 5.70 Å². The van der Waals surface area contributed by atoms with Crippen LogP contribution in [0.3, 0.4) is 0 Å². The Labute approximate surface area is 92.3 Å². The maximum atomic E-state index is 11.3. The van der Waals surface area contributed by atoms with Crippen molar-refractivity contribution in [3.05, 3.63) is 33.5 Å². The van der Waals surface area contributed by atoms with Gasteiger partial charge < -0.3 is 5.32 Å². The molecule has 0 aromatic rings. The molecule has 0 saturated heterocycles. The van der Waals surface area contributed by atoms with E-state index in [9.17, 15) is 19.7 Å². The lowest BCUT2D eigenvalue weighted by Gasteiger charge is -2.18. The number of hydrogen-bond acceptors (Lipinski definition) is 4. The first-order valence-electron chi connectivity index (χ1n) is 4.05. The van der Waals surface area contributed by atoms with E-state index in [1.807, 2.05) is 0 Å². The largest absolute Gasteiger partial charge is 0.319 e. The smallest absolute Gasteiger partial charge is 0.297 e. The summed E-state index contributed by atoms with van der Waals surface area (Å²) in [5, 5.41) is 13.1. The highest BCUT2D eigenvalue weighted by molar-refractivity contribution is 9.10. The summed E-state index contributed by atoms with van der Waals surface area (Å²) in [6.45, 7) is 0. The van der Waals surface area contributed by atoms with E-state index in [-0.39, 0.29) is 12.0 Å². The molecule has 7 heteroatoms. The van der Waals surface area contributed by atoms with Crippen LogP contribution in [0.5, 0.6) is 0 Å². The molecule has 1 atom stereocenters. The number of hydrogen-bond donors (Lipinski definition) is 1. The van der Waals surface area contributed by atoms with Crippen molar-refractivity contribution < 1.29 is 14.5 Å². The number of Topliss-reactive ketones (excluding diaryl/α,β-unsaturated/α-hetero) is 1. The van der Waals surface area contributed by atoms with Gasteiger partial charge in [-0.1, -0.05) is 0 Å². The van der Waals surface area contributed by atoms with Crippen molar-refractivity contribution in [3.63, 3.8) is 0 Å². The van der Waals surface area contributed by atoms with E-state index in [4.69, 9.17) is 0 Å². The number of alkyl halides is 1. The van der Waals surface area contributed by atoms with Gasteiger partial charge in [0.05, 0.1) is 6.42 Å². The molecule has 1 amide bonds. The van der Waals surface area contributed by atoms with Crippen molar-refractivity contribution in [2.24, 2.45) is 0 Å². The van der Waals surface area contributed by atoms with E-state index in [2.05, 4.69) is 21.2 Å². The molecule has 0 fully saturated rings. The minimum atomic E-state index is -1.48. The average Bonchev–Trinajstić information content (AvgIpc) is 2.44.